The average molecular weight is 382 g/mol. The summed E-state index contributed by atoms with van der Waals surface area (Å²) in [5, 5.41) is 14.0. The molecule has 0 aliphatic carbocycles. The van der Waals surface area contributed by atoms with Crippen LogP contribution >= 0.6 is 23.7 Å². The largest absolute Gasteiger partial charge is 0.337 e. The minimum absolute atomic E-state index is 0. The van der Waals surface area contributed by atoms with Gasteiger partial charge >= 0.3 is 0 Å². The standard InChI is InChI=1S/C17H23N5OS.ClH/c1-2-12-10-24-16(19-12)11-4-3-7-22(9-11)17(23)15-13-8-18-6-5-14(13)20-21-15;/h10-11,18H,2-9H2,1H3,(H,20,21);1H. The van der Waals surface area contributed by atoms with E-state index in [0.29, 0.717) is 11.6 Å². The van der Waals surface area contributed by atoms with E-state index in [1.54, 1.807) is 11.3 Å². The van der Waals surface area contributed by atoms with Crippen molar-refractivity contribution >= 4 is 29.7 Å². The SMILES string of the molecule is CCc1csc(C2CCCN(C(=O)c3n[nH]c4c3CNCC4)C2)n1.Cl. The molecule has 1 saturated heterocycles. The Bertz CT molecular complexity index is 743. The first-order valence-corrected chi connectivity index (χ1v) is 9.64. The van der Waals surface area contributed by atoms with Crippen LogP contribution in [0.25, 0.3) is 0 Å². The molecule has 2 aromatic heterocycles. The van der Waals surface area contributed by atoms with Crippen molar-refractivity contribution < 1.29 is 4.79 Å². The summed E-state index contributed by atoms with van der Waals surface area (Å²) in [5.74, 6) is 0.425. The van der Waals surface area contributed by atoms with Crippen LogP contribution in [0.4, 0.5) is 0 Å². The van der Waals surface area contributed by atoms with Gasteiger partial charge in [0.1, 0.15) is 0 Å². The number of amides is 1. The van der Waals surface area contributed by atoms with Gasteiger partial charge in [0.2, 0.25) is 0 Å². The maximum Gasteiger partial charge on any atom is 0.274 e. The normalized spacial score (nSPS) is 20.0. The van der Waals surface area contributed by atoms with Crippen LogP contribution in [0.15, 0.2) is 5.38 Å². The molecule has 1 unspecified atom stereocenters. The third-order valence-electron chi connectivity index (χ3n) is 5.00. The second kappa shape index (κ2) is 7.85. The van der Waals surface area contributed by atoms with E-state index < -0.39 is 0 Å². The third-order valence-corrected chi connectivity index (χ3v) is 6.05. The molecule has 0 spiro atoms. The zero-order valence-corrected chi connectivity index (χ0v) is 16.0. The highest BCUT2D eigenvalue weighted by atomic mass is 35.5. The van der Waals surface area contributed by atoms with Crippen LogP contribution in [0, 0.1) is 0 Å². The van der Waals surface area contributed by atoms with E-state index in [1.165, 1.54) is 5.01 Å². The number of nitrogens with one attached hydrogen (secondary N) is 2. The van der Waals surface area contributed by atoms with E-state index in [4.69, 9.17) is 4.98 Å². The van der Waals surface area contributed by atoms with Gasteiger partial charge in [0.15, 0.2) is 5.69 Å². The van der Waals surface area contributed by atoms with Gasteiger partial charge in [-0.2, -0.15) is 5.10 Å². The van der Waals surface area contributed by atoms with E-state index in [0.717, 1.165) is 68.8 Å². The number of rotatable bonds is 3. The number of halogens is 1. The van der Waals surface area contributed by atoms with Crippen LogP contribution in [-0.4, -0.2) is 45.6 Å². The summed E-state index contributed by atoms with van der Waals surface area (Å²) in [7, 11) is 0. The highest BCUT2D eigenvalue weighted by Gasteiger charge is 2.30. The fourth-order valence-electron chi connectivity index (χ4n) is 3.59. The minimum atomic E-state index is 0. The van der Waals surface area contributed by atoms with Crippen molar-refractivity contribution in [3.8, 4) is 0 Å². The molecule has 25 heavy (non-hydrogen) atoms. The van der Waals surface area contributed by atoms with Gasteiger partial charge in [0.05, 0.1) is 10.7 Å². The molecule has 1 amide bonds. The molecule has 8 heteroatoms. The maximum atomic E-state index is 13.0. The molecule has 2 aromatic rings. The number of fused-ring (bicyclic) bond motifs is 1. The van der Waals surface area contributed by atoms with Gasteiger partial charge in [-0.15, -0.1) is 23.7 Å². The van der Waals surface area contributed by atoms with E-state index in [1.807, 2.05) is 4.90 Å². The molecule has 1 fully saturated rings. The second-order valence-electron chi connectivity index (χ2n) is 6.58. The Kier molecular flexibility index (Phi) is 5.76. The second-order valence-corrected chi connectivity index (χ2v) is 7.47. The van der Waals surface area contributed by atoms with E-state index in [-0.39, 0.29) is 18.3 Å². The number of likely N-dealkylation sites (tertiary alicyclic amines) is 1. The van der Waals surface area contributed by atoms with Crippen LogP contribution in [-0.2, 0) is 19.4 Å². The van der Waals surface area contributed by atoms with Crippen molar-refractivity contribution in [1.82, 2.24) is 25.4 Å². The minimum Gasteiger partial charge on any atom is -0.337 e. The van der Waals surface area contributed by atoms with Crippen LogP contribution in [0.5, 0.6) is 0 Å². The lowest BCUT2D eigenvalue weighted by molar-refractivity contribution is 0.0699. The number of aryl methyl sites for hydroxylation is 1. The molecule has 1 atom stereocenters. The smallest absolute Gasteiger partial charge is 0.274 e. The van der Waals surface area contributed by atoms with Gasteiger partial charge < -0.3 is 10.2 Å². The molecule has 4 heterocycles. The Morgan fingerprint density at radius 3 is 3.16 bits per heavy atom. The van der Waals surface area contributed by atoms with Gasteiger partial charge in [-0.05, 0) is 19.3 Å². The van der Waals surface area contributed by atoms with Gasteiger partial charge in [0.25, 0.3) is 5.91 Å². The monoisotopic (exact) mass is 381 g/mol. The molecule has 136 valence electrons. The quantitative estimate of drug-likeness (QED) is 0.856. The predicted molar refractivity (Wildman–Crippen MR) is 101 cm³/mol. The molecule has 0 saturated carbocycles. The molecule has 0 aromatic carbocycles. The van der Waals surface area contributed by atoms with Crippen LogP contribution < -0.4 is 5.32 Å². The number of hydrogen-bond acceptors (Lipinski definition) is 5. The Hall–Kier alpha value is -1.44. The highest BCUT2D eigenvalue weighted by molar-refractivity contribution is 7.09. The van der Waals surface area contributed by atoms with Gasteiger partial charge in [-0.3, -0.25) is 9.89 Å². The lowest BCUT2D eigenvalue weighted by Gasteiger charge is -2.31. The molecule has 6 nitrogen and oxygen atoms in total. The summed E-state index contributed by atoms with van der Waals surface area (Å²) in [6.07, 6.45) is 4.03. The van der Waals surface area contributed by atoms with E-state index in [9.17, 15) is 4.79 Å². The lowest BCUT2D eigenvalue weighted by Crippen LogP contribution is -2.40. The molecule has 0 radical (unpaired) electrons. The van der Waals surface area contributed by atoms with Crippen molar-refractivity contribution in [3.05, 3.63) is 33.0 Å². The number of carbonyl (C=O) groups is 1. The number of piperidine rings is 1. The predicted octanol–water partition coefficient (Wildman–Crippen LogP) is 2.52. The van der Waals surface area contributed by atoms with Gasteiger partial charge in [0, 0.05) is 55.2 Å². The average Bonchev–Trinajstić information content (AvgIpc) is 3.28. The Morgan fingerprint density at radius 2 is 2.36 bits per heavy atom. The Labute approximate surface area is 157 Å². The molecular weight excluding hydrogens is 358 g/mol. The summed E-state index contributed by atoms with van der Waals surface area (Å²) in [6, 6.07) is 0. The Balaban J connectivity index is 0.00000182. The number of H-pyrrole nitrogens is 1. The molecule has 4 rings (SSSR count). The summed E-state index contributed by atoms with van der Waals surface area (Å²) in [6.45, 7) is 5.38. The number of aromatic amines is 1. The highest BCUT2D eigenvalue weighted by Crippen LogP contribution is 2.30. The van der Waals surface area contributed by atoms with Gasteiger partial charge in [-0.1, -0.05) is 6.92 Å². The summed E-state index contributed by atoms with van der Waals surface area (Å²) in [4.78, 5) is 19.7. The summed E-state index contributed by atoms with van der Waals surface area (Å²) in [5.41, 5.74) is 3.92. The van der Waals surface area contributed by atoms with Crippen LogP contribution in [0.1, 0.15) is 58.1 Å². The third kappa shape index (κ3) is 3.59. The van der Waals surface area contributed by atoms with Crippen molar-refractivity contribution in [2.24, 2.45) is 0 Å². The molecular formula is C17H24ClN5OS. The fourth-order valence-corrected chi connectivity index (χ4v) is 4.62. The van der Waals surface area contributed by atoms with Crippen molar-refractivity contribution in [1.29, 1.82) is 0 Å². The van der Waals surface area contributed by atoms with Crippen LogP contribution in [0.2, 0.25) is 0 Å². The molecule has 2 aliphatic rings. The summed E-state index contributed by atoms with van der Waals surface area (Å²) < 4.78 is 0. The van der Waals surface area contributed by atoms with E-state index >= 15 is 0 Å². The number of thiazole rings is 1. The number of hydrogen-bond donors (Lipinski definition) is 2. The zero-order chi connectivity index (χ0) is 16.5. The zero-order valence-electron chi connectivity index (χ0n) is 14.4. The summed E-state index contributed by atoms with van der Waals surface area (Å²) >= 11 is 1.73. The molecule has 2 aliphatic heterocycles. The number of nitrogens with zero attached hydrogens (tertiary/aromatic N) is 3. The number of aromatic nitrogens is 3. The van der Waals surface area contributed by atoms with Crippen molar-refractivity contribution in [2.45, 2.75) is 45.1 Å². The lowest BCUT2D eigenvalue weighted by atomic mass is 9.97. The molecule has 2 N–H and O–H groups in total. The van der Waals surface area contributed by atoms with Crippen molar-refractivity contribution in [3.63, 3.8) is 0 Å². The topological polar surface area (TPSA) is 73.9 Å². The molecule has 0 bridgehead atoms. The van der Waals surface area contributed by atoms with E-state index in [2.05, 4.69) is 27.8 Å². The first-order chi connectivity index (χ1) is 11.8. The first kappa shape index (κ1) is 18.4. The van der Waals surface area contributed by atoms with Crippen LogP contribution in [0.3, 0.4) is 0 Å². The van der Waals surface area contributed by atoms with Gasteiger partial charge in [-0.25, -0.2) is 4.98 Å². The Morgan fingerprint density at radius 1 is 1.48 bits per heavy atom. The number of carbonyl (C=O) groups excluding carboxylic acids is 1. The first-order valence-electron chi connectivity index (χ1n) is 8.76. The van der Waals surface area contributed by atoms with Crippen molar-refractivity contribution in [2.75, 3.05) is 19.6 Å². The fraction of sp³-hybridized carbons (Fsp3) is 0.588. The maximum absolute atomic E-state index is 13.0.